The van der Waals surface area contributed by atoms with Gasteiger partial charge in [-0.25, -0.2) is 0 Å². The molecule has 1 aromatic heterocycles. The molecule has 1 N–H and O–H groups in total. The lowest BCUT2D eigenvalue weighted by Gasteiger charge is -2.36. The number of guanidine groups is 1. The van der Waals surface area contributed by atoms with Gasteiger partial charge < -0.3 is 10.2 Å². The van der Waals surface area contributed by atoms with Crippen molar-refractivity contribution in [1.82, 2.24) is 15.1 Å². The van der Waals surface area contributed by atoms with Crippen LogP contribution in [0.5, 0.6) is 0 Å². The number of hydrogen-bond donors (Lipinski definition) is 1. The number of thiophene rings is 1. The Morgan fingerprint density at radius 1 is 1.30 bits per heavy atom. The summed E-state index contributed by atoms with van der Waals surface area (Å²) in [7, 11) is 1.89. The van der Waals surface area contributed by atoms with Gasteiger partial charge in [0.2, 0.25) is 0 Å². The van der Waals surface area contributed by atoms with Crippen LogP contribution in [-0.2, 0) is 6.54 Å². The molecule has 23 heavy (non-hydrogen) atoms. The van der Waals surface area contributed by atoms with E-state index in [1.165, 1.54) is 24.1 Å². The molecule has 1 aliphatic carbocycles. The molecule has 0 spiro atoms. The first-order chi connectivity index (χ1) is 10.7. The van der Waals surface area contributed by atoms with Crippen molar-refractivity contribution >= 4 is 52.9 Å². The van der Waals surface area contributed by atoms with E-state index in [0.717, 1.165) is 55.5 Å². The van der Waals surface area contributed by atoms with Crippen LogP contribution in [0.25, 0.3) is 0 Å². The summed E-state index contributed by atoms with van der Waals surface area (Å²) in [6.45, 7) is 6.33. The number of aliphatic imine (C=N–C) groups is 1. The zero-order chi connectivity index (χ0) is 15.4. The van der Waals surface area contributed by atoms with E-state index in [0.29, 0.717) is 0 Å². The Morgan fingerprint density at radius 3 is 2.61 bits per heavy atom. The zero-order valence-corrected chi connectivity index (χ0v) is 17.5. The Kier molecular flexibility index (Phi) is 7.91. The SMILES string of the molecule is CN=C(NCCC1CC1)N1CCN(Cc2ccc(Cl)s2)CC1.I. The minimum atomic E-state index is 0. The Hall–Kier alpha value is -0.0500. The lowest BCUT2D eigenvalue weighted by atomic mass is 10.3. The topological polar surface area (TPSA) is 30.9 Å². The lowest BCUT2D eigenvalue weighted by Crippen LogP contribution is -2.52. The highest BCUT2D eigenvalue weighted by atomic mass is 127. The van der Waals surface area contributed by atoms with E-state index < -0.39 is 0 Å². The van der Waals surface area contributed by atoms with Gasteiger partial charge in [-0.2, -0.15) is 0 Å². The Morgan fingerprint density at radius 2 is 2.04 bits per heavy atom. The summed E-state index contributed by atoms with van der Waals surface area (Å²) in [4.78, 5) is 10.7. The quantitative estimate of drug-likeness (QED) is 0.408. The van der Waals surface area contributed by atoms with Gasteiger partial charge in [0.1, 0.15) is 0 Å². The fourth-order valence-electron chi connectivity index (χ4n) is 2.90. The van der Waals surface area contributed by atoms with Crippen molar-refractivity contribution in [2.24, 2.45) is 10.9 Å². The van der Waals surface area contributed by atoms with E-state index in [1.807, 2.05) is 13.1 Å². The fourth-order valence-corrected chi connectivity index (χ4v) is 4.03. The van der Waals surface area contributed by atoms with Crippen LogP contribution in [-0.4, -0.2) is 55.5 Å². The number of rotatable bonds is 5. The molecule has 1 saturated carbocycles. The Labute approximate surface area is 165 Å². The number of piperazine rings is 1. The normalized spacial score (nSPS) is 19.6. The number of hydrogen-bond acceptors (Lipinski definition) is 3. The first-order valence-electron chi connectivity index (χ1n) is 8.17. The van der Waals surface area contributed by atoms with Crippen LogP contribution in [0.1, 0.15) is 24.1 Å². The van der Waals surface area contributed by atoms with E-state index in [-0.39, 0.29) is 24.0 Å². The molecule has 0 bridgehead atoms. The smallest absolute Gasteiger partial charge is 0.193 e. The van der Waals surface area contributed by atoms with Crippen LogP contribution >= 0.6 is 46.9 Å². The van der Waals surface area contributed by atoms with Crippen LogP contribution in [0.15, 0.2) is 17.1 Å². The molecule has 2 heterocycles. The average molecular weight is 469 g/mol. The van der Waals surface area contributed by atoms with Crippen LogP contribution in [0.3, 0.4) is 0 Å². The third-order valence-corrected chi connectivity index (χ3v) is 5.64. The minimum absolute atomic E-state index is 0. The molecule has 130 valence electrons. The molecule has 2 fully saturated rings. The van der Waals surface area contributed by atoms with Crippen molar-refractivity contribution < 1.29 is 0 Å². The first-order valence-corrected chi connectivity index (χ1v) is 9.36. The van der Waals surface area contributed by atoms with Crippen molar-refractivity contribution in [2.75, 3.05) is 39.8 Å². The van der Waals surface area contributed by atoms with Gasteiger partial charge in [0.25, 0.3) is 0 Å². The maximum absolute atomic E-state index is 6.00. The summed E-state index contributed by atoms with van der Waals surface area (Å²) in [5.74, 6) is 2.04. The molecular weight excluding hydrogens is 443 g/mol. The third kappa shape index (κ3) is 6.07. The number of nitrogens with one attached hydrogen (secondary N) is 1. The average Bonchev–Trinajstić information content (AvgIpc) is 3.26. The maximum atomic E-state index is 6.00. The van der Waals surface area contributed by atoms with Gasteiger partial charge in [-0.3, -0.25) is 9.89 Å². The molecule has 1 saturated heterocycles. The van der Waals surface area contributed by atoms with Gasteiger partial charge in [0.05, 0.1) is 4.34 Å². The predicted octanol–water partition coefficient (Wildman–Crippen LogP) is 3.51. The summed E-state index contributed by atoms with van der Waals surface area (Å²) >= 11 is 7.69. The third-order valence-electron chi connectivity index (χ3n) is 4.42. The van der Waals surface area contributed by atoms with E-state index in [1.54, 1.807) is 11.3 Å². The minimum Gasteiger partial charge on any atom is -0.356 e. The van der Waals surface area contributed by atoms with Crippen molar-refractivity contribution in [2.45, 2.75) is 25.8 Å². The van der Waals surface area contributed by atoms with Gasteiger partial charge in [-0.05, 0) is 24.5 Å². The highest BCUT2D eigenvalue weighted by Crippen LogP contribution is 2.31. The van der Waals surface area contributed by atoms with Gasteiger partial charge >= 0.3 is 0 Å². The summed E-state index contributed by atoms with van der Waals surface area (Å²) in [6.07, 6.45) is 4.13. The standard InChI is InChI=1S/C16H25ClN4S.HI/c1-18-16(19-7-6-13-2-3-13)21-10-8-20(9-11-21)12-14-4-5-15(17)22-14;/h4-5,13H,2-3,6-12H2,1H3,(H,18,19);1H. The molecular formula is C16H26ClIN4S. The molecule has 4 nitrogen and oxygen atoms in total. The van der Waals surface area contributed by atoms with E-state index in [4.69, 9.17) is 11.6 Å². The largest absolute Gasteiger partial charge is 0.356 e. The van der Waals surface area contributed by atoms with E-state index >= 15 is 0 Å². The lowest BCUT2D eigenvalue weighted by molar-refractivity contribution is 0.173. The van der Waals surface area contributed by atoms with Crippen molar-refractivity contribution in [3.8, 4) is 0 Å². The molecule has 3 rings (SSSR count). The molecule has 0 unspecified atom stereocenters. The van der Waals surface area contributed by atoms with Gasteiger partial charge in [0, 0.05) is 51.2 Å². The summed E-state index contributed by atoms with van der Waals surface area (Å²) in [5.41, 5.74) is 0. The number of halogens is 2. The highest BCUT2D eigenvalue weighted by Gasteiger charge is 2.22. The second-order valence-corrected chi connectivity index (χ2v) is 7.97. The van der Waals surface area contributed by atoms with Crippen LogP contribution < -0.4 is 5.32 Å². The molecule has 2 aliphatic rings. The maximum Gasteiger partial charge on any atom is 0.193 e. The number of nitrogens with zero attached hydrogens (tertiary/aromatic N) is 3. The molecule has 1 aliphatic heterocycles. The molecule has 0 aromatic carbocycles. The Balaban J connectivity index is 0.00000192. The molecule has 0 atom stereocenters. The summed E-state index contributed by atoms with van der Waals surface area (Å²) in [5, 5.41) is 3.52. The summed E-state index contributed by atoms with van der Waals surface area (Å²) in [6, 6.07) is 4.13. The van der Waals surface area contributed by atoms with E-state index in [9.17, 15) is 0 Å². The molecule has 0 radical (unpaired) electrons. The van der Waals surface area contributed by atoms with Crippen molar-refractivity contribution in [3.63, 3.8) is 0 Å². The van der Waals surface area contributed by atoms with Crippen LogP contribution in [0.2, 0.25) is 4.34 Å². The highest BCUT2D eigenvalue weighted by molar-refractivity contribution is 14.0. The molecule has 1 aromatic rings. The van der Waals surface area contributed by atoms with Gasteiger partial charge in [-0.15, -0.1) is 35.3 Å². The van der Waals surface area contributed by atoms with Crippen molar-refractivity contribution in [3.05, 3.63) is 21.3 Å². The predicted molar refractivity (Wildman–Crippen MR) is 110 cm³/mol. The second kappa shape index (κ2) is 9.44. The van der Waals surface area contributed by atoms with Crippen LogP contribution in [0.4, 0.5) is 0 Å². The molecule has 0 amide bonds. The Bertz CT molecular complexity index is 510. The van der Waals surface area contributed by atoms with Gasteiger partial charge in [0.15, 0.2) is 5.96 Å². The summed E-state index contributed by atoms with van der Waals surface area (Å²) < 4.78 is 0.883. The van der Waals surface area contributed by atoms with Crippen molar-refractivity contribution in [1.29, 1.82) is 0 Å². The first kappa shape index (κ1) is 19.3. The zero-order valence-electron chi connectivity index (χ0n) is 13.6. The van der Waals surface area contributed by atoms with Gasteiger partial charge in [-0.1, -0.05) is 24.4 Å². The monoisotopic (exact) mass is 468 g/mol. The van der Waals surface area contributed by atoms with Crippen LogP contribution in [0, 0.1) is 5.92 Å². The van der Waals surface area contributed by atoms with E-state index in [2.05, 4.69) is 26.2 Å². The second-order valence-electron chi connectivity index (χ2n) is 6.18. The molecule has 7 heteroatoms. The fraction of sp³-hybridized carbons (Fsp3) is 0.688.